The molecule has 0 aromatic heterocycles. The molecule has 1 aliphatic rings. The lowest BCUT2D eigenvalue weighted by molar-refractivity contribution is -0.119. The Hall–Kier alpha value is -1.55. The second-order valence-electron chi connectivity index (χ2n) is 3.85. The second-order valence-corrected chi connectivity index (χ2v) is 3.85. The first-order valence-electron chi connectivity index (χ1n) is 5.46. The Morgan fingerprint density at radius 1 is 1.56 bits per heavy atom. The van der Waals surface area contributed by atoms with Gasteiger partial charge in [0.25, 0.3) is 0 Å². The third-order valence-corrected chi connectivity index (χ3v) is 2.62. The molecule has 1 amide bonds. The molecule has 1 aromatic carbocycles. The van der Waals surface area contributed by atoms with Gasteiger partial charge < -0.3 is 15.4 Å². The summed E-state index contributed by atoms with van der Waals surface area (Å²) in [6.07, 6.45) is 2.21. The van der Waals surface area contributed by atoms with E-state index in [1.54, 1.807) is 0 Å². The summed E-state index contributed by atoms with van der Waals surface area (Å²) in [4.78, 5) is 11.4. The smallest absolute Gasteiger partial charge is 0.250 e. The minimum absolute atomic E-state index is 0.0870. The number of hydrogen-bond acceptors (Lipinski definition) is 3. The van der Waals surface area contributed by atoms with Gasteiger partial charge >= 0.3 is 0 Å². The number of rotatable bonds is 3. The number of anilines is 2. The Labute approximate surface area is 95.0 Å². The molecule has 0 fully saturated rings. The summed E-state index contributed by atoms with van der Waals surface area (Å²) in [5, 5.41) is 6.17. The highest BCUT2D eigenvalue weighted by atomic mass is 16.5. The van der Waals surface area contributed by atoms with Crippen molar-refractivity contribution < 1.29 is 9.53 Å². The predicted molar refractivity (Wildman–Crippen MR) is 63.8 cm³/mol. The van der Waals surface area contributed by atoms with E-state index >= 15 is 0 Å². The monoisotopic (exact) mass is 220 g/mol. The van der Waals surface area contributed by atoms with E-state index in [0.717, 1.165) is 30.8 Å². The van der Waals surface area contributed by atoms with Gasteiger partial charge in [-0.15, -0.1) is 0 Å². The van der Waals surface area contributed by atoms with Crippen molar-refractivity contribution in [2.75, 3.05) is 30.9 Å². The zero-order valence-electron chi connectivity index (χ0n) is 9.38. The van der Waals surface area contributed by atoms with Crippen molar-refractivity contribution in [3.63, 3.8) is 0 Å². The van der Waals surface area contributed by atoms with E-state index in [-0.39, 0.29) is 12.5 Å². The molecule has 0 aliphatic carbocycles. The maximum absolute atomic E-state index is 11.4. The number of hydrogen-bond donors (Lipinski definition) is 2. The molecule has 0 radical (unpaired) electrons. The minimum Gasteiger partial charge on any atom is -0.383 e. The van der Waals surface area contributed by atoms with Crippen LogP contribution in [0.1, 0.15) is 12.0 Å². The molecule has 0 saturated carbocycles. The van der Waals surface area contributed by atoms with Crippen LogP contribution in [0.25, 0.3) is 0 Å². The van der Waals surface area contributed by atoms with Crippen LogP contribution < -0.4 is 10.6 Å². The molecular formula is C12H16N2O2. The molecule has 4 nitrogen and oxygen atoms in total. The van der Waals surface area contributed by atoms with Gasteiger partial charge in [-0.05, 0) is 24.5 Å². The van der Waals surface area contributed by atoms with Crippen LogP contribution in [-0.2, 0) is 16.0 Å². The highest BCUT2D eigenvalue weighted by molar-refractivity contribution is 5.95. The fourth-order valence-electron chi connectivity index (χ4n) is 1.93. The number of ether oxygens (including phenoxy) is 1. The van der Waals surface area contributed by atoms with Gasteiger partial charge in [-0.3, -0.25) is 4.79 Å². The molecule has 16 heavy (non-hydrogen) atoms. The van der Waals surface area contributed by atoms with Crippen LogP contribution in [0.5, 0.6) is 0 Å². The third-order valence-electron chi connectivity index (χ3n) is 2.62. The van der Waals surface area contributed by atoms with E-state index in [4.69, 9.17) is 4.74 Å². The van der Waals surface area contributed by atoms with Crippen molar-refractivity contribution in [1.82, 2.24) is 0 Å². The molecule has 1 aliphatic heterocycles. The molecule has 0 saturated heterocycles. The molecular weight excluding hydrogens is 204 g/mol. The fraction of sp³-hybridized carbons (Fsp3) is 0.417. The summed E-state index contributed by atoms with van der Waals surface area (Å²) >= 11 is 0. The Morgan fingerprint density at radius 3 is 3.25 bits per heavy atom. The van der Waals surface area contributed by atoms with Crippen molar-refractivity contribution in [3.8, 4) is 0 Å². The maximum Gasteiger partial charge on any atom is 0.250 e. The lowest BCUT2D eigenvalue weighted by Gasteiger charge is -2.21. The molecule has 4 heteroatoms. The number of amides is 1. The molecule has 2 rings (SSSR count). The standard InChI is InChI=1S/C12H16N2O2/c1-16-8-11(15)14-10-6-2-4-9-5-3-7-13-12(9)10/h2,4,6,13H,3,5,7-8H2,1H3,(H,14,15). The van der Waals surface area contributed by atoms with E-state index in [1.807, 2.05) is 12.1 Å². The van der Waals surface area contributed by atoms with Crippen molar-refractivity contribution >= 4 is 17.3 Å². The van der Waals surface area contributed by atoms with E-state index in [1.165, 1.54) is 12.7 Å². The predicted octanol–water partition coefficient (Wildman–Crippen LogP) is 1.63. The molecule has 86 valence electrons. The van der Waals surface area contributed by atoms with Crippen LogP contribution in [-0.4, -0.2) is 26.2 Å². The minimum atomic E-state index is -0.122. The van der Waals surface area contributed by atoms with Crippen molar-refractivity contribution in [2.45, 2.75) is 12.8 Å². The van der Waals surface area contributed by atoms with Crippen LogP contribution in [0.2, 0.25) is 0 Å². The Morgan fingerprint density at radius 2 is 2.44 bits per heavy atom. The summed E-state index contributed by atoms with van der Waals surface area (Å²) in [6.45, 7) is 1.05. The summed E-state index contributed by atoms with van der Waals surface area (Å²) in [7, 11) is 1.51. The van der Waals surface area contributed by atoms with Gasteiger partial charge in [0.2, 0.25) is 5.91 Å². The van der Waals surface area contributed by atoms with E-state index < -0.39 is 0 Å². The molecule has 0 unspecified atom stereocenters. The SMILES string of the molecule is COCC(=O)Nc1cccc2c1NCCC2. The average molecular weight is 220 g/mol. The third kappa shape index (κ3) is 2.33. The Balaban J connectivity index is 2.17. The first-order valence-corrected chi connectivity index (χ1v) is 5.46. The van der Waals surface area contributed by atoms with Crippen molar-refractivity contribution in [2.24, 2.45) is 0 Å². The molecule has 1 heterocycles. The van der Waals surface area contributed by atoms with Crippen molar-refractivity contribution in [1.29, 1.82) is 0 Å². The first kappa shape index (κ1) is 11.0. The molecule has 2 N–H and O–H groups in total. The van der Waals surface area contributed by atoms with Crippen LogP contribution in [0, 0.1) is 0 Å². The summed E-state index contributed by atoms with van der Waals surface area (Å²) in [6, 6.07) is 5.96. The van der Waals surface area contributed by atoms with Gasteiger partial charge in [0.05, 0.1) is 11.4 Å². The number of fused-ring (bicyclic) bond motifs is 1. The molecule has 0 bridgehead atoms. The van der Waals surface area contributed by atoms with Gasteiger partial charge in [-0.25, -0.2) is 0 Å². The van der Waals surface area contributed by atoms with Gasteiger partial charge in [0.1, 0.15) is 6.61 Å². The lowest BCUT2D eigenvalue weighted by atomic mass is 10.0. The van der Waals surface area contributed by atoms with Gasteiger partial charge in [-0.2, -0.15) is 0 Å². The van der Waals surface area contributed by atoms with E-state index in [9.17, 15) is 4.79 Å². The van der Waals surface area contributed by atoms with Crippen LogP contribution in [0.15, 0.2) is 18.2 Å². The average Bonchev–Trinajstić information content (AvgIpc) is 2.30. The summed E-state index contributed by atoms with van der Waals surface area (Å²) < 4.78 is 4.79. The van der Waals surface area contributed by atoms with Crippen molar-refractivity contribution in [3.05, 3.63) is 23.8 Å². The van der Waals surface area contributed by atoms with Crippen LogP contribution in [0.4, 0.5) is 11.4 Å². The number of carbonyl (C=O) groups is 1. The molecule has 0 atom stereocenters. The van der Waals surface area contributed by atoms with Gasteiger partial charge in [-0.1, -0.05) is 12.1 Å². The highest BCUT2D eigenvalue weighted by Gasteiger charge is 2.13. The highest BCUT2D eigenvalue weighted by Crippen LogP contribution is 2.29. The van der Waals surface area contributed by atoms with Gasteiger partial charge in [0.15, 0.2) is 0 Å². The number of para-hydroxylation sites is 1. The summed E-state index contributed by atoms with van der Waals surface area (Å²) in [5.41, 5.74) is 3.17. The summed E-state index contributed by atoms with van der Waals surface area (Å²) in [5.74, 6) is -0.122. The first-order chi connectivity index (χ1) is 7.81. The zero-order valence-corrected chi connectivity index (χ0v) is 9.38. The number of methoxy groups -OCH3 is 1. The van der Waals surface area contributed by atoms with E-state index in [2.05, 4.69) is 16.7 Å². The fourth-order valence-corrected chi connectivity index (χ4v) is 1.93. The lowest BCUT2D eigenvalue weighted by Crippen LogP contribution is -2.20. The van der Waals surface area contributed by atoms with Gasteiger partial charge in [0, 0.05) is 13.7 Å². The second kappa shape index (κ2) is 4.99. The number of nitrogens with one attached hydrogen (secondary N) is 2. The normalized spacial score (nSPS) is 13.8. The molecule has 1 aromatic rings. The molecule has 0 spiro atoms. The quantitative estimate of drug-likeness (QED) is 0.814. The number of benzene rings is 1. The largest absolute Gasteiger partial charge is 0.383 e. The Kier molecular flexibility index (Phi) is 3.41. The van der Waals surface area contributed by atoms with E-state index in [0.29, 0.717) is 0 Å². The van der Waals surface area contributed by atoms with Crippen LogP contribution in [0.3, 0.4) is 0 Å². The Bertz CT molecular complexity index is 391. The number of aryl methyl sites for hydroxylation is 1. The zero-order chi connectivity index (χ0) is 11.4. The number of carbonyl (C=O) groups excluding carboxylic acids is 1. The maximum atomic E-state index is 11.4. The van der Waals surface area contributed by atoms with Crippen LogP contribution >= 0.6 is 0 Å². The topological polar surface area (TPSA) is 50.4 Å².